The van der Waals surface area contributed by atoms with E-state index in [0.717, 1.165) is 0 Å². The number of hydrogen-bond donors (Lipinski definition) is 2. The first-order valence-electron chi connectivity index (χ1n) is 11.4. The van der Waals surface area contributed by atoms with E-state index in [9.17, 15) is 9.59 Å². The number of H-pyrrole nitrogens is 1. The summed E-state index contributed by atoms with van der Waals surface area (Å²) in [7, 11) is 6.21. The largest absolute Gasteiger partial charge is 0.497 e. The van der Waals surface area contributed by atoms with Crippen LogP contribution in [0.1, 0.15) is 23.2 Å². The molecule has 1 aromatic heterocycles. The highest BCUT2D eigenvalue weighted by atomic mass is 16.5. The first kappa shape index (κ1) is 24.8. The number of nitrogens with one attached hydrogen (secondary N) is 2. The molecular weight excluding hydrogens is 466 g/mol. The molecule has 36 heavy (non-hydrogen) atoms. The molecule has 0 radical (unpaired) electrons. The van der Waals surface area contributed by atoms with Gasteiger partial charge in [-0.1, -0.05) is 0 Å². The SMILES string of the molecule is COc1cc(OC)cc(C(=O)N2CCC(C(=O)Nc3n[nH]c(-c4ccc(OC)cc4OC)n3)CC2)c1. The maximum Gasteiger partial charge on any atom is 0.254 e. The Bertz CT molecular complexity index is 1210. The highest BCUT2D eigenvalue weighted by molar-refractivity contribution is 5.96. The van der Waals surface area contributed by atoms with Gasteiger partial charge in [-0.15, -0.1) is 5.10 Å². The van der Waals surface area contributed by atoms with E-state index >= 15 is 0 Å². The number of methoxy groups -OCH3 is 4. The second-order valence-electron chi connectivity index (χ2n) is 8.23. The fourth-order valence-electron chi connectivity index (χ4n) is 4.10. The van der Waals surface area contributed by atoms with Crippen LogP contribution in [0.25, 0.3) is 11.4 Å². The monoisotopic (exact) mass is 495 g/mol. The van der Waals surface area contributed by atoms with Crippen LogP contribution in [0.5, 0.6) is 23.0 Å². The summed E-state index contributed by atoms with van der Waals surface area (Å²) in [5.41, 5.74) is 1.17. The van der Waals surface area contributed by atoms with Gasteiger partial charge in [-0.2, -0.15) is 4.98 Å². The Kier molecular flexibility index (Phi) is 7.57. The van der Waals surface area contributed by atoms with Crippen molar-refractivity contribution in [1.82, 2.24) is 20.1 Å². The van der Waals surface area contributed by atoms with Crippen molar-refractivity contribution < 1.29 is 28.5 Å². The Labute approximate surface area is 208 Å². The van der Waals surface area contributed by atoms with Crippen molar-refractivity contribution in [3.05, 3.63) is 42.0 Å². The van der Waals surface area contributed by atoms with E-state index in [1.54, 1.807) is 55.5 Å². The van der Waals surface area contributed by atoms with E-state index in [1.807, 2.05) is 0 Å². The van der Waals surface area contributed by atoms with Gasteiger partial charge in [0, 0.05) is 36.7 Å². The minimum Gasteiger partial charge on any atom is -0.497 e. The maximum absolute atomic E-state index is 13.0. The number of benzene rings is 2. The number of hydrogen-bond acceptors (Lipinski definition) is 8. The predicted octanol–water partition coefficient (Wildman–Crippen LogP) is 3.00. The molecule has 0 atom stereocenters. The fraction of sp³-hybridized carbons (Fsp3) is 0.360. The van der Waals surface area contributed by atoms with Crippen molar-refractivity contribution >= 4 is 17.8 Å². The van der Waals surface area contributed by atoms with E-state index in [-0.39, 0.29) is 23.7 Å². The second kappa shape index (κ2) is 11.0. The molecule has 0 aliphatic carbocycles. The standard InChI is InChI=1S/C25H29N5O6/c1-33-17-5-6-20(21(14-17)36-4)22-26-25(29-28-22)27-23(31)15-7-9-30(10-8-15)24(32)16-11-18(34-2)13-19(12-16)35-3/h5-6,11-15H,7-10H2,1-4H3,(H2,26,27,28,29,31). The van der Waals surface area contributed by atoms with Gasteiger partial charge in [-0.05, 0) is 37.1 Å². The molecule has 0 saturated carbocycles. The van der Waals surface area contributed by atoms with Gasteiger partial charge in [-0.25, -0.2) is 0 Å². The fourth-order valence-corrected chi connectivity index (χ4v) is 4.10. The zero-order chi connectivity index (χ0) is 25.7. The van der Waals surface area contributed by atoms with Gasteiger partial charge in [0.05, 0.1) is 34.0 Å². The molecule has 1 saturated heterocycles. The zero-order valence-corrected chi connectivity index (χ0v) is 20.7. The minimum absolute atomic E-state index is 0.127. The number of piperidine rings is 1. The summed E-state index contributed by atoms with van der Waals surface area (Å²) in [4.78, 5) is 32.0. The number of ether oxygens (including phenoxy) is 4. The Morgan fingerprint density at radius 2 is 1.58 bits per heavy atom. The molecule has 2 amide bonds. The van der Waals surface area contributed by atoms with Gasteiger partial charge in [0.25, 0.3) is 5.91 Å². The maximum atomic E-state index is 13.0. The molecule has 3 aromatic rings. The van der Waals surface area contributed by atoms with E-state index in [4.69, 9.17) is 18.9 Å². The van der Waals surface area contributed by atoms with E-state index in [2.05, 4.69) is 20.5 Å². The lowest BCUT2D eigenvalue weighted by molar-refractivity contribution is -0.121. The van der Waals surface area contributed by atoms with E-state index in [1.165, 1.54) is 14.2 Å². The van der Waals surface area contributed by atoms with E-state index < -0.39 is 0 Å². The Hall–Kier alpha value is -4.28. The third kappa shape index (κ3) is 5.35. The van der Waals surface area contributed by atoms with Crippen LogP contribution in [-0.2, 0) is 4.79 Å². The average Bonchev–Trinajstić information content (AvgIpc) is 3.39. The van der Waals surface area contributed by atoms with Crippen molar-refractivity contribution in [2.75, 3.05) is 46.8 Å². The zero-order valence-electron chi connectivity index (χ0n) is 20.7. The molecular formula is C25H29N5O6. The number of nitrogens with zero attached hydrogens (tertiary/aromatic N) is 3. The van der Waals surface area contributed by atoms with Crippen LogP contribution in [0.3, 0.4) is 0 Å². The number of rotatable bonds is 8. The van der Waals surface area contributed by atoms with E-state index in [0.29, 0.717) is 65.9 Å². The third-order valence-electron chi connectivity index (χ3n) is 6.14. The van der Waals surface area contributed by atoms with Crippen LogP contribution < -0.4 is 24.3 Å². The molecule has 0 bridgehead atoms. The first-order chi connectivity index (χ1) is 17.4. The molecule has 0 unspecified atom stereocenters. The van der Waals surface area contributed by atoms with Gasteiger partial charge in [0.1, 0.15) is 23.0 Å². The summed E-state index contributed by atoms with van der Waals surface area (Å²) in [6.07, 6.45) is 1.06. The van der Waals surface area contributed by atoms with Crippen molar-refractivity contribution in [3.8, 4) is 34.4 Å². The topological polar surface area (TPSA) is 128 Å². The van der Waals surface area contributed by atoms with Gasteiger partial charge in [-0.3, -0.25) is 20.0 Å². The lowest BCUT2D eigenvalue weighted by Crippen LogP contribution is -2.41. The predicted molar refractivity (Wildman–Crippen MR) is 132 cm³/mol. The van der Waals surface area contributed by atoms with Crippen LogP contribution in [-0.4, -0.2) is 73.4 Å². The second-order valence-corrected chi connectivity index (χ2v) is 8.23. The Morgan fingerprint density at radius 3 is 2.19 bits per heavy atom. The quantitative estimate of drug-likeness (QED) is 0.488. The molecule has 11 heteroatoms. The molecule has 4 rings (SSSR count). The molecule has 2 aromatic carbocycles. The Morgan fingerprint density at radius 1 is 0.917 bits per heavy atom. The molecule has 190 valence electrons. The lowest BCUT2D eigenvalue weighted by atomic mass is 9.95. The van der Waals surface area contributed by atoms with Crippen molar-refractivity contribution in [3.63, 3.8) is 0 Å². The van der Waals surface area contributed by atoms with Gasteiger partial charge in [0.15, 0.2) is 5.82 Å². The third-order valence-corrected chi connectivity index (χ3v) is 6.14. The number of anilines is 1. The first-order valence-corrected chi connectivity index (χ1v) is 11.4. The molecule has 1 aliphatic rings. The van der Waals surface area contributed by atoms with Crippen molar-refractivity contribution in [1.29, 1.82) is 0 Å². The van der Waals surface area contributed by atoms with Crippen molar-refractivity contribution in [2.45, 2.75) is 12.8 Å². The highest BCUT2D eigenvalue weighted by Gasteiger charge is 2.29. The molecule has 0 spiro atoms. The number of likely N-dealkylation sites (tertiary alicyclic amines) is 1. The summed E-state index contributed by atoms with van der Waals surface area (Å²) >= 11 is 0. The van der Waals surface area contributed by atoms with Gasteiger partial charge < -0.3 is 23.8 Å². The van der Waals surface area contributed by atoms with Crippen LogP contribution in [0, 0.1) is 5.92 Å². The molecule has 1 fully saturated rings. The number of carbonyl (C=O) groups excluding carboxylic acids is 2. The number of aromatic amines is 1. The normalized spacial score (nSPS) is 13.7. The highest BCUT2D eigenvalue weighted by Crippen LogP contribution is 2.32. The summed E-state index contributed by atoms with van der Waals surface area (Å²) in [6, 6.07) is 10.4. The summed E-state index contributed by atoms with van der Waals surface area (Å²) < 4.78 is 21.2. The summed E-state index contributed by atoms with van der Waals surface area (Å²) in [6.45, 7) is 0.914. The molecule has 11 nitrogen and oxygen atoms in total. The summed E-state index contributed by atoms with van der Waals surface area (Å²) in [5.74, 6) is 2.37. The smallest absolute Gasteiger partial charge is 0.254 e. The number of carbonyl (C=O) groups is 2. The van der Waals surface area contributed by atoms with Crippen LogP contribution in [0.2, 0.25) is 0 Å². The number of amides is 2. The van der Waals surface area contributed by atoms with Crippen molar-refractivity contribution in [2.24, 2.45) is 5.92 Å². The van der Waals surface area contributed by atoms with Crippen LogP contribution in [0.4, 0.5) is 5.95 Å². The summed E-state index contributed by atoms with van der Waals surface area (Å²) in [5, 5.41) is 9.72. The van der Waals surface area contributed by atoms with Gasteiger partial charge >= 0.3 is 0 Å². The Balaban J connectivity index is 1.36. The average molecular weight is 496 g/mol. The minimum atomic E-state index is -0.258. The number of aromatic nitrogens is 3. The molecule has 2 N–H and O–H groups in total. The van der Waals surface area contributed by atoms with Crippen LogP contribution in [0.15, 0.2) is 36.4 Å². The molecule has 1 aliphatic heterocycles. The van der Waals surface area contributed by atoms with Crippen LogP contribution >= 0.6 is 0 Å². The van der Waals surface area contributed by atoms with Gasteiger partial charge in [0.2, 0.25) is 11.9 Å². The molecule has 2 heterocycles. The lowest BCUT2D eigenvalue weighted by Gasteiger charge is -2.31.